The Morgan fingerprint density at radius 3 is 2.50 bits per heavy atom. The van der Waals surface area contributed by atoms with Crippen LogP contribution in [0.25, 0.3) is 0 Å². The van der Waals surface area contributed by atoms with Crippen LogP contribution in [0.5, 0.6) is 0 Å². The van der Waals surface area contributed by atoms with Gasteiger partial charge in [-0.25, -0.2) is 9.86 Å². The van der Waals surface area contributed by atoms with Gasteiger partial charge in [0.15, 0.2) is 0 Å². The molecule has 1 saturated carbocycles. The van der Waals surface area contributed by atoms with Crippen molar-refractivity contribution in [2.75, 3.05) is 12.4 Å². The number of carbonyl (C=O) groups is 1. The number of hydrogen-bond acceptors (Lipinski definition) is 4. The van der Waals surface area contributed by atoms with Crippen LogP contribution >= 0.6 is 11.6 Å². The van der Waals surface area contributed by atoms with Crippen LogP contribution in [0.15, 0.2) is 5.29 Å². The monoisotopic (exact) mass is 249 g/mol. The third-order valence-corrected chi connectivity index (χ3v) is 2.90. The molecule has 0 aliphatic heterocycles. The van der Waals surface area contributed by atoms with Gasteiger partial charge in [0.2, 0.25) is 0 Å². The van der Waals surface area contributed by atoms with Crippen molar-refractivity contribution in [2.24, 2.45) is 5.29 Å². The summed E-state index contributed by atoms with van der Waals surface area (Å²) in [7, 11) is 0. The lowest BCUT2D eigenvalue weighted by Gasteiger charge is -2.30. The minimum atomic E-state index is -0.789. The highest BCUT2D eigenvalue weighted by Crippen LogP contribution is 2.22. The summed E-state index contributed by atoms with van der Waals surface area (Å²) in [5, 5.41) is 13.5. The Morgan fingerprint density at radius 1 is 1.38 bits per heavy atom. The van der Waals surface area contributed by atoms with Crippen LogP contribution in [0.3, 0.4) is 0 Å². The molecule has 16 heavy (non-hydrogen) atoms. The number of halogens is 1. The number of hydrogen-bond donors (Lipinski definition) is 1. The molecule has 92 valence electrons. The number of urea groups is 1. The summed E-state index contributed by atoms with van der Waals surface area (Å²) >= 11 is 5.42. The zero-order valence-corrected chi connectivity index (χ0v) is 9.77. The molecule has 0 aromatic carbocycles. The molecule has 7 heteroatoms. The van der Waals surface area contributed by atoms with E-state index in [1.54, 1.807) is 0 Å². The van der Waals surface area contributed by atoms with E-state index in [2.05, 4.69) is 5.29 Å². The number of nitroso groups, excluding NO2 is 1. The van der Waals surface area contributed by atoms with Crippen molar-refractivity contribution in [3.8, 4) is 0 Å². The first-order valence-corrected chi connectivity index (χ1v) is 5.93. The molecule has 1 aliphatic carbocycles. The molecule has 0 radical (unpaired) electrons. The fourth-order valence-corrected chi connectivity index (χ4v) is 2.01. The molecule has 0 bridgehead atoms. The minimum absolute atomic E-state index is 0.00761. The number of nitrogens with zero attached hydrogens (tertiary/aromatic N) is 3. The third kappa shape index (κ3) is 3.31. The second kappa shape index (κ2) is 6.65. The summed E-state index contributed by atoms with van der Waals surface area (Å²) in [5.41, 5.74) is 0. The Kier molecular flexibility index (Phi) is 5.48. The Labute approximate surface area is 99.1 Å². The Hall–Kier alpha value is -0.880. The highest BCUT2D eigenvalue weighted by Gasteiger charge is 2.28. The van der Waals surface area contributed by atoms with Crippen LogP contribution < -0.4 is 0 Å². The first kappa shape index (κ1) is 13.2. The summed E-state index contributed by atoms with van der Waals surface area (Å²) in [5.74, 6) is 0.107. The van der Waals surface area contributed by atoms with Gasteiger partial charge in [-0.2, -0.15) is 5.01 Å². The third-order valence-electron chi connectivity index (χ3n) is 2.73. The van der Waals surface area contributed by atoms with Crippen molar-refractivity contribution < 1.29 is 10.0 Å². The largest absolute Gasteiger partial charge is 0.367 e. The fourth-order valence-electron chi connectivity index (χ4n) is 1.85. The zero-order chi connectivity index (χ0) is 12.0. The predicted molar refractivity (Wildman–Crippen MR) is 59.1 cm³/mol. The van der Waals surface area contributed by atoms with E-state index in [1.807, 2.05) is 0 Å². The van der Waals surface area contributed by atoms with Crippen molar-refractivity contribution in [3.63, 3.8) is 0 Å². The summed E-state index contributed by atoms with van der Waals surface area (Å²) in [4.78, 5) is 22.0. The minimum Gasteiger partial charge on any atom is -0.284 e. The average molecular weight is 250 g/mol. The van der Waals surface area contributed by atoms with E-state index in [1.165, 1.54) is 0 Å². The fraction of sp³-hybridized carbons (Fsp3) is 0.889. The maximum Gasteiger partial charge on any atom is 0.367 e. The van der Waals surface area contributed by atoms with Gasteiger partial charge in [0.25, 0.3) is 0 Å². The lowest BCUT2D eigenvalue weighted by atomic mass is 9.95. The predicted octanol–water partition coefficient (Wildman–Crippen LogP) is 2.35. The summed E-state index contributed by atoms with van der Waals surface area (Å²) < 4.78 is 0. The highest BCUT2D eigenvalue weighted by molar-refractivity contribution is 6.18. The maximum absolute atomic E-state index is 11.6. The maximum atomic E-state index is 11.6. The van der Waals surface area contributed by atoms with Crippen molar-refractivity contribution in [1.82, 2.24) is 10.1 Å². The lowest BCUT2D eigenvalue weighted by molar-refractivity contribution is -0.0976. The number of carbonyl (C=O) groups excluding carboxylic acids is 1. The molecule has 0 saturated heterocycles. The van der Waals surface area contributed by atoms with Crippen molar-refractivity contribution in [2.45, 2.75) is 38.1 Å². The lowest BCUT2D eigenvalue weighted by Crippen LogP contribution is -2.45. The van der Waals surface area contributed by atoms with Crippen LogP contribution in [0.4, 0.5) is 4.79 Å². The number of rotatable bonds is 4. The van der Waals surface area contributed by atoms with Crippen LogP contribution in [0.2, 0.25) is 0 Å². The van der Waals surface area contributed by atoms with Crippen LogP contribution in [0, 0.1) is 4.91 Å². The van der Waals surface area contributed by atoms with E-state index in [4.69, 9.17) is 11.6 Å². The van der Waals surface area contributed by atoms with Gasteiger partial charge in [0.1, 0.15) is 0 Å². The Balaban J connectivity index is 2.53. The standard InChI is InChI=1S/C9H16ClN3O3/c10-6-7-12(11-15)9(14)13(16)8-4-2-1-3-5-8/h8,16H,1-7H2. The van der Waals surface area contributed by atoms with Gasteiger partial charge < -0.3 is 0 Å². The van der Waals surface area contributed by atoms with Gasteiger partial charge in [-0.15, -0.1) is 16.5 Å². The first-order chi connectivity index (χ1) is 7.70. The Morgan fingerprint density at radius 2 is 2.00 bits per heavy atom. The van der Waals surface area contributed by atoms with Gasteiger partial charge in [0.05, 0.1) is 17.9 Å². The summed E-state index contributed by atoms with van der Waals surface area (Å²) in [6.45, 7) is 0.00761. The molecule has 0 aromatic heterocycles. The van der Waals surface area contributed by atoms with Crippen molar-refractivity contribution in [1.29, 1.82) is 0 Å². The molecule has 0 heterocycles. The molecular weight excluding hydrogens is 234 g/mol. The van der Waals surface area contributed by atoms with Gasteiger partial charge >= 0.3 is 6.03 Å². The van der Waals surface area contributed by atoms with Crippen LogP contribution in [-0.2, 0) is 0 Å². The molecule has 1 fully saturated rings. The molecule has 2 amide bonds. The van der Waals surface area contributed by atoms with Gasteiger partial charge in [-0.05, 0) is 12.8 Å². The van der Waals surface area contributed by atoms with E-state index in [0.29, 0.717) is 10.1 Å². The number of hydroxylamine groups is 2. The summed E-state index contributed by atoms with van der Waals surface area (Å²) in [6, 6.07) is -0.997. The molecular formula is C9H16ClN3O3. The smallest absolute Gasteiger partial charge is 0.284 e. The van der Waals surface area contributed by atoms with Gasteiger partial charge in [0, 0.05) is 5.88 Å². The van der Waals surface area contributed by atoms with E-state index in [0.717, 1.165) is 32.1 Å². The molecule has 0 spiro atoms. The van der Waals surface area contributed by atoms with Gasteiger partial charge in [-0.1, -0.05) is 19.3 Å². The molecule has 6 nitrogen and oxygen atoms in total. The SMILES string of the molecule is O=NN(CCCl)C(=O)N(O)C1CCCCC1. The molecule has 0 unspecified atom stereocenters. The molecule has 0 aromatic rings. The van der Waals surface area contributed by atoms with E-state index < -0.39 is 6.03 Å². The molecule has 0 atom stereocenters. The average Bonchev–Trinajstić information content (AvgIpc) is 2.35. The van der Waals surface area contributed by atoms with Crippen LogP contribution in [0.1, 0.15) is 32.1 Å². The normalized spacial score (nSPS) is 16.9. The molecule has 1 rings (SSSR count). The topological polar surface area (TPSA) is 73.2 Å². The number of amides is 2. The quantitative estimate of drug-likeness (QED) is 0.360. The molecule has 1 N–H and O–H groups in total. The van der Waals surface area contributed by atoms with Crippen LogP contribution in [-0.4, -0.2) is 39.8 Å². The molecule has 1 aliphatic rings. The van der Waals surface area contributed by atoms with E-state index >= 15 is 0 Å². The zero-order valence-electron chi connectivity index (χ0n) is 9.01. The Bertz CT molecular complexity index is 246. The van der Waals surface area contributed by atoms with E-state index in [-0.39, 0.29) is 18.5 Å². The van der Waals surface area contributed by atoms with Crippen molar-refractivity contribution >= 4 is 17.6 Å². The second-order valence-corrected chi connectivity index (χ2v) is 4.19. The van der Waals surface area contributed by atoms with E-state index in [9.17, 15) is 14.9 Å². The second-order valence-electron chi connectivity index (χ2n) is 3.81. The van der Waals surface area contributed by atoms with Crippen molar-refractivity contribution in [3.05, 3.63) is 4.91 Å². The van der Waals surface area contributed by atoms with Gasteiger partial charge in [-0.3, -0.25) is 5.21 Å². The first-order valence-electron chi connectivity index (χ1n) is 5.39. The summed E-state index contributed by atoms with van der Waals surface area (Å²) in [6.07, 6.45) is 4.61. The number of alkyl halides is 1. The highest BCUT2D eigenvalue weighted by atomic mass is 35.5.